The minimum atomic E-state index is -0.625. The molecule has 0 aliphatic rings. The molecule has 0 radical (unpaired) electrons. The number of para-hydroxylation sites is 1. The van der Waals surface area contributed by atoms with Gasteiger partial charge in [0.1, 0.15) is 23.0 Å². The van der Waals surface area contributed by atoms with Gasteiger partial charge in [0, 0.05) is 36.5 Å². The molecule has 0 unspecified atom stereocenters. The quantitative estimate of drug-likeness (QED) is 0.570. The van der Waals surface area contributed by atoms with Gasteiger partial charge in [0.2, 0.25) is 5.91 Å². The maximum Gasteiger partial charge on any atom is 0.254 e. The Morgan fingerprint density at radius 1 is 1.10 bits per heavy atom. The molecule has 1 aromatic heterocycles. The molecule has 0 saturated carbocycles. The molecule has 4 N–H and O–H groups in total. The predicted molar refractivity (Wildman–Crippen MR) is 110 cm³/mol. The predicted octanol–water partition coefficient (Wildman–Crippen LogP) is 2.88. The molecular formula is C21H21N5O3. The van der Waals surface area contributed by atoms with E-state index in [1.165, 1.54) is 13.1 Å². The van der Waals surface area contributed by atoms with Gasteiger partial charge in [-0.3, -0.25) is 9.59 Å². The highest BCUT2D eigenvalue weighted by atomic mass is 16.5. The summed E-state index contributed by atoms with van der Waals surface area (Å²) in [4.78, 5) is 31.9. The molecule has 0 spiro atoms. The summed E-state index contributed by atoms with van der Waals surface area (Å²) in [5.41, 5.74) is 7.85. The summed E-state index contributed by atoms with van der Waals surface area (Å²) < 4.78 is 5.41. The van der Waals surface area contributed by atoms with E-state index in [1.54, 1.807) is 25.3 Å². The van der Waals surface area contributed by atoms with Crippen LogP contribution in [0.4, 0.5) is 17.2 Å². The van der Waals surface area contributed by atoms with E-state index in [2.05, 4.69) is 20.6 Å². The summed E-state index contributed by atoms with van der Waals surface area (Å²) in [6.45, 7) is 1.44. The molecule has 2 aromatic carbocycles. The van der Waals surface area contributed by atoms with Gasteiger partial charge in [0.05, 0.1) is 7.11 Å². The SMILES string of the molecule is COc1ccc(NC(C)=O)cc1Cc1ncc(C(N)=O)c(Nc2ccccc2)n1. The zero-order valence-corrected chi connectivity index (χ0v) is 16.1. The van der Waals surface area contributed by atoms with Gasteiger partial charge < -0.3 is 21.1 Å². The first-order chi connectivity index (χ1) is 14.0. The Kier molecular flexibility index (Phi) is 6.03. The van der Waals surface area contributed by atoms with Crippen molar-refractivity contribution >= 4 is 29.0 Å². The molecule has 2 amide bonds. The molecule has 148 valence electrons. The number of nitrogens with one attached hydrogen (secondary N) is 2. The van der Waals surface area contributed by atoms with Crippen LogP contribution in [0.1, 0.15) is 28.7 Å². The summed E-state index contributed by atoms with van der Waals surface area (Å²) in [6.07, 6.45) is 1.74. The van der Waals surface area contributed by atoms with Gasteiger partial charge in [-0.1, -0.05) is 18.2 Å². The van der Waals surface area contributed by atoms with E-state index in [0.29, 0.717) is 29.5 Å². The fourth-order valence-corrected chi connectivity index (χ4v) is 2.81. The van der Waals surface area contributed by atoms with Crippen molar-refractivity contribution in [2.24, 2.45) is 5.73 Å². The normalized spacial score (nSPS) is 10.3. The minimum Gasteiger partial charge on any atom is -0.496 e. The molecule has 0 saturated heterocycles. The van der Waals surface area contributed by atoms with Crippen molar-refractivity contribution in [2.75, 3.05) is 17.7 Å². The Morgan fingerprint density at radius 3 is 2.52 bits per heavy atom. The number of hydrogen-bond acceptors (Lipinski definition) is 6. The first-order valence-electron chi connectivity index (χ1n) is 8.88. The lowest BCUT2D eigenvalue weighted by Gasteiger charge is -2.13. The molecule has 3 rings (SSSR count). The van der Waals surface area contributed by atoms with Crippen LogP contribution in [0, 0.1) is 0 Å². The van der Waals surface area contributed by atoms with Crippen LogP contribution >= 0.6 is 0 Å². The third kappa shape index (κ3) is 5.07. The van der Waals surface area contributed by atoms with Crippen LogP contribution in [0.3, 0.4) is 0 Å². The lowest BCUT2D eigenvalue weighted by molar-refractivity contribution is -0.114. The van der Waals surface area contributed by atoms with Crippen LogP contribution in [-0.4, -0.2) is 28.9 Å². The third-order valence-corrected chi connectivity index (χ3v) is 4.09. The van der Waals surface area contributed by atoms with Gasteiger partial charge in [0.25, 0.3) is 5.91 Å². The number of carbonyl (C=O) groups excluding carboxylic acids is 2. The first kappa shape index (κ1) is 19.8. The molecule has 0 aliphatic carbocycles. The number of methoxy groups -OCH3 is 1. The number of benzene rings is 2. The lowest BCUT2D eigenvalue weighted by Crippen LogP contribution is -2.16. The number of anilines is 3. The van der Waals surface area contributed by atoms with Crippen molar-refractivity contribution in [3.8, 4) is 5.75 Å². The zero-order valence-electron chi connectivity index (χ0n) is 16.1. The monoisotopic (exact) mass is 391 g/mol. The van der Waals surface area contributed by atoms with E-state index in [-0.39, 0.29) is 11.5 Å². The highest BCUT2D eigenvalue weighted by molar-refractivity contribution is 5.97. The number of rotatable bonds is 7. The summed E-state index contributed by atoms with van der Waals surface area (Å²) in [6, 6.07) is 14.7. The number of primary amides is 1. The minimum absolute atomic E-state index is 0.169. The van der Waals surface area contributed by atoms with Crippen LogP contribution in [0.25, 0.3) is 0 Å². The molecular weight excluding hydrogens is 370 g/mol. The second-order valence-corrected chi connectivity index (χ2v) is 6.29. The first-order valence-corrected chi connectivity index (χ1v) is 8.88. The van der Waals surface area contributed by atoms with E-state index in [0.717, 1.165) is 11.3 Å². The Hall–Kier alpha value is -3.94. The summed E-state index contributed by atoms with van der Waals surface area (Å²) in [5, 5.41) is 5.85. The average Bonchev–Trinajstić information content (AvgIpc) is 2.68. The highest BCUT2D eigenvalue weighted by Crippen LogP contribution is 2.26. The van der Waals surface area contributed by atoms with Crippen LogP contribution in [0.2, 0.25) is 0 Å². The van der Waals surface area contributed by atoms with Crippen LogP contribution in [0.15, 0.2) is 54.7 Å². The van der Waals surface area contributed by atoms with Crippen molar-refractivity contribution in [3.05, 3.63) is 71.7 Å². The van der Waals surface area contributed by atoms with Gasteiger partial charge in [-0.15, -0.1) is 0 Å². The molecule has 1 heterocycles. The molecule has 0 aliphatic heterocycles. The van der Waals surface area contributed by atoms with Crippen LogP contribution in [0.5, 0.6) is 5.75 Å². The van der Waals surface area contributed by atoms with E-state index in [4.69, 9.17) is 10.5 Å². The summed E-state index contributed by atoms with van der Waals surface area (Å²) >= 11 is 0. The van der Waals surface area contributed by atoms with Crippen molar-refractivity contribution in [1.29, 1.82) is 0 Å². The Bertz CT molecular complexity index is 1040. The topological polar surface area (TPSA) is 119 Å². The molecule has 0 fully saturated rings. The van der Waals surface area contributed by atoms with E-state index in [9.17, 15) is 9.59 Å². The summed E-state index contributed by atoms with van der Waals surface area (Å²) in [7, 11) is 1.57. The van der Waals surface area contributed by atoms with Gasteiger partial charge in [-0.05, 0) is 30.3 Å². The van der Waals surface area contributed by atoms with Gasteiger partial charge in [-0.2, -0.15) is 0 Å². The number of amides is 2. The van der Waals surface area contributed by atoms with Crippen molar-refractivity contribution < 1.29 is 14.3 Å². The molecule has 29 heavy (non-hydrogen) atoms. The van der Waals surface area contributed by atoms with E-state index >= 15 is 0 Å². The van der Waals surface area contributed by atoms with Crippen LogP contribution in [-0.2, 0) is 11.2 Å². The Labute approximate surface area is 168 Å². The number of hydrogen-bond donors (Lipinski definition) is 3. The van der Waals surface area contributed by atoms with Gasteiger partial charge in [-0.25, -0.2) is 9.97 Å². The molecule has 0 atom stereocenters. The Balaban J connectivity index is 1.94. The molecule has 3 aromatic rings. The van der Waals surface area contributed by atoms with E-state index < -0.39 is 5.91 Å². The highest BCUT2D eigenvalue weighted by Gasteiger charge is 2.14. The summed E-state index contributed by atoms with van der Waals surface area (Å²) in [5.74, 6) is 0.634. The number of aromatic nitrogens is 2. The smallest absolute Gasteiger partial charge is 0.254 e. The number of nitrogens with two attached hydrogens (primary N) is 1. The second-order valence-electron chi connectivity index (χ2n) is 6.29. The number of nitrogens with zero attached hydrogens (tertiary/aromatic N) is 2. The fourth-order valence-electron chi connectivity index (χ4n) is 2.81. The van der Waals surface area contributed by atoms with Gasteiger partial charge in [0.15, 0.2) is 0 Å². The number of ether oxygens (including phenoxy) is 1. The third-order valence-electron chi connectivity index (χ3n) is 4.09. The van der Waals surface area contributed by atoms with Crippen molar-refractivity contribution in [1.82, 2.24) is 9.97 Å². The zero-order chi connectivity index (χ0) is 20.8. The van der Waals surface area contributed by atoms with Crippen molar-refractivity contribution in [3.63, 3.8) is 0 Å². The maximum atomic E-state index is 11.8. The maximum absolute atomic E-state index is 11.8. The molecule has 0 bridgehead atoms. The molecule has 8 heteroatoms. The van der Waals surface area contributed by atoms with Crippen molar-refractivity contribution in [2.45, 2.75) is 13.3 Å². The lowest BCUT2D eigenvalue weighted by atomic mass is 10.1. The van der Waals surface area contributed by atoms with Crippen LogP contribution < -0.4 is 21.1 Å². The fraction of sp³-hybridized carbons (Fsp3) is 0.143. The second kappa shape index (κ2) is 8.83. The Morgan fingerprint density at radius 2 is 1.86 bits per heavy atom. The van der Waals surface area contributed by atoms with E-state index in [1.807, 2.05) is 30.3 Å². The average molecular weight is 391 g/mol. The standard InChI is InChI=1S/C21H21N5O3/c1-13(27)24-16-8-9-18(29-2)14(10-16)11-19-23-12-17(20(22)28)21(26-19)25-15-6-4-3-5-7-15/h3-10,12H,11H2,1-2H3,(H2,22,28)(H,24,27)(H,23,25,26). The number of carbonyl (C=O) groups is 2. The largest absolute Gasteiger partial charge is 0.496 e. The molecule has 8 nitrogen and oxygen atoms in total. The van der Waals surface area contributed by atoms with Gasteiger partial charge >= 0.3 is 0 Å².